The minimum atomic E-state index is -1.73. The first-order chi connectivity index (χ1) is 25.6. The van der Waals surface area contributed by atoms with Crippen LogP contribution in [-0.2, 0) is 28.5 Å². The lowest BCUT2D eigenvalue weighted by Gasteiger charge is -2.71. The van der Waals surface area contributed by atoms with E-state index in [0.29, 0.717) is 18.8 Å². The number of fused-ring (bicyclic) bond motifs is 7. The van der Waals surface area contributed by atoms with Crippen molar-refractivity contribution < 1.29 is 64.3 Å². The van der Waals surface area contributed by atoms with Crippen LogP contribution in [0.1, 0.15) is 113 Å². The van der Waals surface area contributed by atoms with Gasteiger partial charge < -0.3 is 54.7 Å². The summed E-state index contributed by atoms with van der Waals surface area (Å²) >= 11 is 0. The van der Waals surface area contributed by atoms with Gasteiger partial charge in [-0.3, -0.25) is 9.59 Å². The van der Waals surface area contributed by atoms with Gasteiger partial charge in [-0.05, 0) is 115 Å². The molecule has 4 saturated carbocycles. The van der Waals surface area contributed by atoms with Crippen molar-refractivity contribution in [1.82, 2.24) is 0 Å². The lowest BCUT2D eigenvalue weighted by Crippen LogP contribution is -2.67. The van der Waals surface area contributed by atoms with Crippen LogP contribution in [-0.4, -0.2) is 116 Å². The first kappa shape index (κ1) is 41.5. The Balaban J connectivity index is 1.15. The monoisotopic (exact) mass is 778 g/mol. The highest BCUT2D eigenvalue weighted by Gasteiger charge is 2.70. The molecule has 13 heteroatoms. The van der Waals surface area contributed by atoms with E-state index < -0.39 is 78.2 Å². The average Bonchev–Trinajstić information content (AvgIpc) is 3.10. The van der Waals surface area contributed by atoms with E-state index in [-0.39, 0.29) is 52.5 Å². The summed E-state index contributed by atoms with van der Waals surface area (Å²) in [5.41, 5.74) is 0.0465. The number of rotatable bonds is 7. The fourth-order valence-corrected chi connectivity index (χ4v) is 14.0. The fraction of sp³-hybridized carbons (Fsp3) is 0.905. The maximum absolute atomic E-state index is 13.1. The van der Waals surface area contributed by atoms with Gasteiger partial charge in [0.25, 0.3) is 6.47 Å². The second kappa shape index (κ2) is 14.0. The van der Waals surface area contributed by atoms with Gasteiger partial charge in [-0.25, -0.2) is 0 Å². The second-order valence-corrected chi connectivity index (χ2v) is 20.7. The minimum Gasteiger partial charge on any atom is -0.481 e. The Morgan fingerprint density at radius 3 is 2.22 bits per heavy atom. The molecular formula is C42H66O13. The molecule has 2 aliphatic heterocycles. The van der Waals surface area contributed by atoms with Gasteiger partial charge in [-0.1, -0.05) is 60.1 Å². The predicted molar refractivity (Wildman–Crippen MR) is 197 cm³/mol. The molecule has 0 radical (unpaired) electrons. The molecule has 13 nitrogen and oxygen atoms in total. The maximum atomic E-state index is 13.1. The largest absolute Gasteiger partial charge is 0.481 e. The summed E-state index contributed by atoms with van der Waals surface area (Å²) in [7, 11) is 0. The van der Waals surface area contributed by atoms with Crippen LogP contribution >= 0.6 is 0 Å². The van der Waals surface area contributed by atoms with Gasteiger partial charge in [0.1, 0.15) is 42.7 Å². The molecule has 0 aromatic heterocycles. The van der Waals surface area contributed by atoms with Crippen molar-refractivity contribution in [2.24, 2.45) is 56.2 Å². The smallest absolute Gasteiger partial charge is 0.310 e. The molecule has 7 aliphatic rings. The molecule has 7 rings (SSSR count). The molecule has 0 bridgehead atoms. The van der Waals surface area contributed by atoms with E-state index in [1.54, 1.807) is 0 Å². The van der Waals surface area contributed by atoms with Crippen LogP contribution in [0.5, 0.6) is 0 Å². The van der Waals surface area contributed by atoms with Crippen LogP contribution in [0.25, 0.3) is 0 Å². The number of aliphatic hydroxyl groups excluding tert-OH is 6. The van der Waals surface area contributed by atoms with E-state index in [1.807, 2.05) is 0 Å². The van der Waals surface area contributed by atoms with E-state index in [9.17, 15) is 45.3 Å². The van der Waals surface area contributed by atoms with E-state index in [2.05, 4.69) is 54.5 Å². The minimum absolute atomic E-state index is 0.0306. The number of aliphatic carboxylic acids is 1. The van der Waals surface area contributed by atoms with E-state index >= 15 is 0 Å². The number of carboxylic acid groups (broad SMARTS) is 1. The van der Waals surface area contributed by atoms with Crippen LogP contribution in [0.2, 0.25) is 0 Å². The van der Waals surface area contributed by atoms with Crippen molar-refractivity contribution in [2.75, 3.05) is 6.61 Å². The molecule has 0 aromatic carbocycles. The van der Waals surface area contributed by atoms with Gasteiger partial charge in [0, 0.05) is 0 Å². The van der Waals surface area contributed by atoms with Crippen LogP contribution in [0.15, 0.2) is 11.6 Å². The normalized spacial score (nSPS) is 52.2. The van der Waals surface area contributed by atoms with Crippen molar-refractivity contribution >= 4 is 12.4 Å². The molecule has 6 fully saturated rings. The Kier molecular flexibility index (Phi) is 10.5. The molecule has 2 saturated heterocycles. The number of ether oxygens (including phenoxy) is 4. The molecular weight excluding hydrogens is 712 g/mol. The predicted octanol–water partition coefficient (Wildman–Crippen LogP) is 3.29. The molecule has 18 atom stereocenters. The molecule has 0 spiro atoms. The van der Waals surface area contributed by atoms with Crippen molar-refractivity contribution in [1.29, 1.82) is 0 Å². The molecule has 55 heavy (non-hydrogen) atoms. The Labute approximate surface area is 324 Å². The standard InChI is InChI=1S/C42H66O13/c1-37(2)14-16-42(36(50)51)17-15-40(6)21(23(42)18-37)8-9-26-39(5)12-10-22(38(3,4)25(39)11-13-41(26,40)7)27(45)32-30(48)33(31(49)35(54-32)53-20-43)55-34-29(47)28(46)24(44)19-52-34/h8,20,22-35,44-49H,9-19H2,1-7H3,(H,50,51)/t22-,23?,24+,25?,26?,27?,28-,29?,30?,31-,32-,33+,34-,35?,39-,40+,41+,42-/m0/s1. The van der Waals surface area contributed by atoms with Crippen LogP contribution in [0.3, 0.4) is 0 Å². The Morgan fingerprint density at radius 1 is 0.855 bits per heavy atom. The van der Waals surface area contributed by atoms with Gasteiger partial charge >= 0.3 is 5.97 Å². The van der Waals surface area contributed by atoms with E-state index in [1.165, 1.54) is 5.57 Å². The van der Waals surface area contributed by atoms with Gasteiger partial charge in [-0.15, -0.1) is 0 Å². The Morgan fingerprint density at radius 2 is 1.55 bits per heavy atom. The molecule has 7 unspecified atom stereocenters. The third-order valence-electron chi connectivity index (χ3n) is 17.4. The van der Waals surface area contributed by atoms with Gasteiger partial charge in [-0.2, -0.15) is 0 Å². The Bertz CT molecular complexity index is 1520. The SMILES string of the molecule is CC1(C)CC[C@]2(C(=O)O)CC[C@]3(C)C(=CCC4[C@@]5(C)CC[C@@H](C(O)[C@@H]6OC(OC=O)[C@@H](O)[C@H](O[C@@H]7OC[C@@H](O)[C@H](O)C7O)C6O)C(C)(C)C5CC[C@]43C)C2C1. The fourth-order valence-electron chi connectivity index (χ4n) is 14.0. The third kappa shape index (κ3) is 6.10. The number of carboxylic acids is 1. The summed E-state index contributed by atoms with van der Waals surface area (Å²) in [6, 6.07) is 0. The second-order valence-electron chi connectivity index (χ2n) is 20.7. The van der Waals surface area contributed by atoms with Crippen molar-refractivity contribution in [3.05, 3.63) is 11.6 Å². The number of hydrogen-bond acceptors (Lipinski definition) is 12. The number of carbonyl (C=O) groups excluding carboxylic acids is 1. The average molecular weight is 779 g/mol. The molecule has 0 amide bonds. The van der Waals surface area contributed by atoms with E-state index in [0.717, 1.165) is 51.4 Å². The van der Waals surface area contributed by atoms with Crippen molar-refractivity contribution in [2.45, 2.75) is 174 Å². The topological polar surface area (TPSA) is 213 Å². The van der Waals surface area contributed by atoms with Gasteiger partial charge in [0.2, 0.25) is 6.29 Å². The number of hydrogen-bond donors (Lipinski definition) is 7. The zero-order chi connectivity index (χ0) is 40.3. The zero-order valence-electron chi connectivity index (χ0n) is 33.6. The van der Waals surface area contributed by atoms with Gasteiger partial charge in [0.05, 0.1) is 18.1 Å². The Hall–Kier alpha value is -1.68. The van der Waals surface area contributed by atoms with Crippen LogP contribution < -0.4 is 0 Å². The molecule has 2 heterocycles. The van der Waals surface area contributed by atoms with Crippen LogP contribution in [0, 0.1) is 56.2 Å². The van der Waals surface area contributed by atoms with Crippen LogP contribution in [0.4, 0.5) is 0 Å². The lowest BCUT2D eigenvalue weighted by atomic mass is 9.33. The summed E-state index contributed by atoms with van der Waals surface area (Å²) < 4.78 is 22.2. The zero-order valence-corrected chi connectivity index (χ0v) is 33.6. The summed E-state index contributed by atoms with van der Waals surface area (Å²) in [5.74, 6) is -0.442. The molecule has 5 aliphatic carbocycles. The summed E-state index contributed by atoms with van der Waals surface area (Å²) in [4.78, 5) is 24.5. The number of allylic oxidation sites excluding steroid dienone is 2. The third-order valence-corrected chi connectivity index (χ3v) is 17.4. The molecule has 312 valence electrons. The number of aliphatic hydroxyl groups is 6. The summed E-state index contributed by atoms with van der Waals surface area (Å²) in [6.45, 7) is 16.0. The first-order valence-electron chi connectivity index (χ1n) is 20.6. The molecule has 7 N–H and O–H groups in total. The highest BCUT2D eigenvalue weighted by molar-refractivity contribution is 5.76. The molecule has 0 aromatic rings. The number of carbonyl (C=O) groups is 2. The highest BCUT2D eigenvalue weighted by Crippen LogP contribution is 2.76. The maximum Gasteiger partial charge on any atom is 0.310 e. The lowest BCUT2D eigenvalue weighted by molar-refractivity contribution is -0.351. The summed E-state index contributed by atoms with van der Waals surface area (Å²) in [6.07, 6.45) is -4.60. The van der Waals surface area contributed by atoms with Gasteiger partial charge in [0.15, 0.2) is 6.29 Å². The first-order valence-corrected chi connectivity index (χ1v) is 20.6. The highest BCUT2D eigenvalue weighted by atomic mass is 16.7. The quantitative estimate of drug-likeness (QED) is 0.146. The summed E-state index contributed by atoms with van der Waals surface area (Å²) in [5, 5.41) is 76.3. The van der Waals surface area contributed by atoms with E-state index in [4.69, 9.17) is 18.9 Å². The van der Waals surface area contributed by atoms with Crippen molar-refractivity contribution in [3.8, 4) is 0 Å². The van der Waals surface area contributed by atoms with Crippen molar-refractivity contribution in [3.63, 3.8) is 0 Å².